The Morgan fingerprint density at radius 2 is 1.68 bits per heavy atom. The molecular weight excluding hydrogens is 513 g/mol. The van der Waals surface area contributed by atoms with Crippen molar-refractivity contribution in [2.45, 2.75) is 19.0 Å². The number of aromatic nitrogens is 4. The lowest BCUT2D eigenvalue weighted by Crippen LogP contribution is -2.16. The number of hydrogen-bond donors (Lipinski definition) is 1. The zero-order chi connectivity index (χ0) is 26.4. The molecule has 2 aromatic heterocycles. The second kappa shape index (κ2) is 11.3. The molecule has 1 N–H and O–H groups in total. The summed E-state index contributed by atoms with van der Waals surface area (Å²) >= 11 is 5.79. The number of nitrogens with zero attached hydrogens (tertiary/aromatic N) is 3. The lowest BCUT2D eigenvalue weighted by molar-refractivity contribution is -0.137. The molecule has 37 heavy (non-hydrogen) atoms. The molecule has 0 amide bonds. The van der Waals surface area contributed by atoms with Crippen molar-refractivity contribution in [3.8, 4) is 23.5 Å². The van der Waals surface area contributed by atoms with E-state index in [2.05, 4.69) is 19.9 Å². The van der Waals surface area contributed by atoms with Gasteiger partial charge in [-0.05, 0) is 41.5 Å². The highest BCUT2D eigenvalue weighted by molar-refractivity contribution is 6.30. The number of ether oxygens (including phenoxy) is 3. The maximum absolute atomic E-state index is 13.0. The molecule has 192 valence electrons. The van der Waals surface area contributed by atoms with Crippen LogP contribution in [0.5, 0.6) is 23.5 Å². The summed E-state index contributed by atoms with van der Waals surface area (Å²) in [6.45, 7) is 0.234. The minimum absolute atomic E-state index is 0.0195. The summed E-state index contributed by atoms with van der Waals surface area (Å²) in [5.74, 6) is 0.331. The molecule has 8 nitrogen and oxygen atoms in total. The maximum Gasteiger partial charge on any atom is 0.416 e. The Bertz CT molecular complexity index is 1410. The fraction of sp³-hybridized carbons (Fsp3) is 0.200. The van der Waals surface area contributed by atoms with Gasteiger partial charge in [0.05, 0.1) is 19.3 Å². The van der Waals surface area contributed by atoms with Crippen LogP contribution in [0.1, 0.15) is 22.3 Å². The van der Waals surface area contributed by atoms with Crippen LogP contribution in [0.4, 0.5) is 13.2 Å². The van der Waals surface area contributed by atoms with Crippen LogP contribution in [0.15, 0.2) is 65.8 Å². The molecule has 0 aliphatic rings. The first-order valence-corrected chi connectivity index (χ1v) is 11.3. The highest BCUT2D eigenvalue weighted by Crippen LogP contribution is 2.35. The molecule has 0 radical (unpaired) electrons. The quantitative estimate of drug-likeness (QED) is 0.314. The lowest BCUT2D eigenvalue weighted by atomic mass is 10.1. The molecule has 0 aliphatic carbocycles. The molecule has 12 heteroatoms. The van der Waals surface area contributed by atoms with Crippen LogP contribution in [0, 0.1) is 0 Å². The van der Waals surface area contributed by atoms with Crippen LogP contribution < -0.4 is 19.8 Å². The van der Waals surface area contributed by atoms with Gasteiger partial charge in [0.15, 0.2) is 0 Å². The zero-order valence-corrected chi connectivity index (χ0v) is 20.1. The standard InChI is InChI=1S/C25H20ClF3N4O4/c1-35-23-30-12-16(13-31-23)8-17-14-32-24(33-22(17)34)36-7-6-15-2-4-20(5-3-15)37-21-10-18(25(27,28)29)9-19(26)11-21/h2-5,9-14H,6-8H2,1H3,(H,32,33,34). The van der Waals surface area contributed by atoms with Crippen LogP contribution in [-0.2, 0) is 19.0 Å². The molecule has 0 aliphatic heterocycles. The Morgan fingerprint density at radius 1 is 0.946 bits per heavy atom. The van der Waals surface area contributed by atoms with E-state index in [-0.39, 0.29) is 35.0 Å². The number of aromatic amines is 1. The van der Waals surface area contributed by atoms with Crippen molar-refractivity contribution in [2.24, 2.45) is 0 Å². The molecule has 2 heterocycles. The third-order valence-electron chi connectivity index (χ3n) is 5.10. The molecule has 0 unspecified atom stereocenters. The van der Waals surface area contributed by atoms with Gasteiger partial charge in [0.2, 0.25) is 0 Å². The van der Waals surface area contributed by atoms with Crippen LogP contribution in [0.2, 0.25) is 5.02 Å². The first-order chi connectivity index (χ1) is 17.7. The predicted molar refractivity (Wildman–Crippen MR) is 128 cm³/mol. The summed E-state index contributed by atoms with van der Waals surface area (Å²) in [6.07, 6.45) is 0.835. The van der Waals surface area contributed by atoms with Crippen molar-refractivity contribution in [1.82, 2.24) is 19.9 Å². The molecule has 0 fully saturated rings. The van der Waals surface area contributed by atoms with Crippen LogP contribution in [0.25, 0.3) is 0 Å². The minimum Gasteiger partial charge on any atom is -0.467 e. The predicted octanol–water partition coefficient (Wildman–Crippen LogP) is 5.25. The number of methoxy groups -OCH3 is 1. The highest BCUT2D eigenvalue weighted by atomic mass is 35.5. The summed E-state index contributed by atoms with van der Waals surface area (Å²) in [5, 5.41) is -0.0759. The molecule has 0 atom stereocenters. The number of H-pyrrole nitrogens is 1. The Kier molecular flexibility index (Phi) is 7.92. The van der Waals surface area contributed by atoms with Crippen molar-refractivity contribution >= 4 is 11.6 Å². The van der Waals surface area contributed by atoms with Gasteiger partial charge in [0.25, 0.3) is 11.6 Å². The van der Waals surface area contributed by atoms with E-state index < -0.39 is 11.7 Å². The summed E-state index contributed by atoms with van der Waals surface area (Å²) in [6, 6.07) is 10.1. The van der Waals surface area contributed by atoms with Gasteiger partial charge < -0.3 is 14.2 Å². The average molecular weight is 533 g/mol. The topological polar surface area (TPSA) is 99.2 Å². The number of rotatable bonds is 9. The van der Waals surface area contributed by atoms with Crippen molar-refractivity contribution in [3.05, 3.63) is 98.7 Å². The monoisotopic (exact) mass is 532 g/mol. The van der Waals surface area contributed by atoms with Crippen LogP contribution >= 0.6 is 11.6 Å². The summed E-state index contributed by atoms with van der Waals surface area (Å²) in [7, 11) is 1.47. The van der Waals surface area contributed by atoms with Gasteiger partial charge in [-0.25, -0.2) is 15.0 Å². The lowest BCUT2D eigenvalue weighted by Gasteiger charge is -2.11. The Hall–Kier alpha value is -4.12. The average Bonchev–Trinajstić information content (AvgIpc) is 2.86. The Balaban J connectivity index is 1.30. The van der Waals surface area contributed by atoms with Gasteiger partial charge in [0.1, 0.15) is 11.5 Å². The molecule has 4 rings (SSSR count). The molecule has 0 spiro atoms. The molecule has 0 bridgehead atoms. The van der Waals surface area contributed by atoms with E-state index in [1.54, 1.807) is 36.7 Å². The molecule has 4 aromatic rings. The number of hydrogen-bond acceptors (Lipinski definition) is 7. The van der Waals surface area contributed by atoms with Gasteiger partial charge in [-0.1, -0.05) is 23.7 Å². The summed E-state index contributed by atoms with van der Waals surface area (Å²) in [5.41, 5.74) is 0.812. The second-order valence-electron chi connectivity index (χ2n) is 7.82. The Morgan fingerprint density at radius 3 is 2.32 bits per heavy atom. The smallest absolute Gasteiger partial charge is 0.416 e. The van der Waals surface area contributed by atoms with Gasteiger partial charge in [-0.15, -0.1) is 0 Å². The van der Waals surface area contributed by atoms with Gasteiger partial charge >= 0.3 is 12.2 Å². The summed E-state index contributed by atoms with van der Waals surface area (Å²) in [4.78, 5) is 27.1. The molecule has 0 saturated carbocycles. The number of alkyl halides is 3. The van der Waals surface area contributed by atoms with E-state index >= 15 is 0 Å². The first kappa shape index (κ1) is 26.0. The maximum atomic E-state index is 13.0. The van der Waals surface area contributed by atoms with Gasteiger partial charge in [0, 0.05) is 42.0 Å². The van der Waals surface area contributed by atoms with E-state index in [1.165, 1.54) is 19.4 Å². The van der Waals surface area contributed by atoms with Gasteiger partial charge in [-0.3, -0.25) is 9.78 Å². The normalized spacial score (nSPS) is 11.3. The fourth-order valence-corrected chi connectivity index (χ4v) is 3.50. The highest BCUT2D eigenvalue weighted by Gasteiger charge is 2.31. The fourth-order valence-electron chi connectivity index (χ4n) is 3.27. The molecule has 2 aromatic carbocycles. The van der Waals surface area contributed by atoms with E-state index in [9.17, 15) is 18.0 Å². The van der Waals surface area contributed by atoms with E-state index in [1.807, 2.05) is 0 Å². The summed E-state index contributed by atoms with van der Waals surface area (Å²) < 4.78 is 54.9. The second-order valence-corrected chi connectivity index (χ2v) is 8.25. The third-order valence-corrected chi connectivity index (χ3v) is 5.31. The largest absolute Gasteiger partial charge is 0.467 e. The van der Waals surface area contributed by atoms with Crippen molar-refractivity contribution in [1.29, 1.82) is 0 Å². The SMILES string of the molecule is COc1ncc(Cc2cnc(OCCc3ccc(Oc4cc(Cl)cc(C(F)(F)F)c4)cc3)[nH]c2=O)cn1. The Labute approximate surface area is 214 Å². The van der Waals surface area contributed by atoms with Crippen molar-refractivity contribution < 1.29 is 27.4 Å². The van der Waals surface area contributed by atoms with Crippen molar-refractivity contribution in [2.75, 3.05) is 13.7 Å². The van der Waals surface area contributed by atoms with Crippen LogP contribution in [0.3, 0.4) is 0 Å². The zero-order valence-electron chi connectivity index (χ0n) is 19.4. The van der Waals surface area contributed by atoms with Gasteiger partial charge in [-0.2, -0.15) is 13.2 Å². The van der Waals surface area contributed by atoms with Crippen molar-refractivity contribution in [3.63, 3.8) is 0 Å². The van der Waals surface area contributed by atoms with E-state index in [4.69, 9.17) is 25.8 Å². The van der Waals surface area contributed by atoms with E-state index in [0.717, 1.165) is 23.3 Å². The van der Waals surface area contributed by atoms with E-state index in [0.29, 0.717) is 24.2 Å². The number of halogens is 4. The number of nitrogens with one attached hydrogen (secondary N) is 1. The minimum atomic E-state index is -4.53. The third kappa shape index (κ3) is 7.20. The van der Waals surface area contributed by atoms with Crippen LogP contribution in [-0.4, -0.2) is 33.7 Å². The molecule has 0 saturated heterocycles. The number of benzene rings is 2. The first-order valence-electron chi connectivity index (χ1n) is 10.9. The molecular formula is C25H20ClF3N4O4.